The molecule has 0 fully saturated rings. The van der Waals surface area contributed by atoms with E-state index in [1.807, 2.05) is 48.5 Å². The number of aromatic nitrogens is 1. The lowest BCUT2D eigenvalue weighted by atomic mass is 10.0. The molecule has 1 aromatic heterocycles. The van der Waals surface area contributed by atoms with Crippen LogP contribution in [0.1, 0.15) is 11.5 Å². The van der Waals surface area contributed by atoms with E-state index in [-0.39, 0.29) is 36.5 Å². The molecule has 0 saturated carbocycles. The smallest absolute Gasteiger partial charge is 0.191 e. The van der Waals surface area contributed by atoms with Crippen molar-refractivity contribution in [3.05, 3.63) is 60.2 Å². The molecule has 3 aromatic rings. The number of nitrogens with one attached hydrogen (secondary N) is 3. The van der Waals surface area contributed by atoms with E-state index in [2.05, 4.69) is 32.0 Å². The van der Waals surface area contributed by atoms with Crippen molar-refractivity contribution in [1.82, 2.24) is 15.6 Å². The highest BCUT2D eigenvalue weighted by Crippen LogP contribution is 2.24. The van der Waals surface area contributed by atoms with Gasteiger partial charge in [-0.1, -0.05) is 53.8 Å². The summed E-state index contributed by atoms with van der Waals surface area (Å²) in [6.07, 6.45) is 0. The Bertz CT molecular complexity index is 838. The van der Waals surface area contributed by atoms with Gasteiger partial charge in [-0.15, -0.1) is 24.0 Å². The predicted octanol–water partition coefficient (Wildman–Crippen LogP) is 3.27. The maximum atomic E-state index is 9.65. The highest BCUT2D eigenvalue weighted by atomic mass is 127. The zero-order valence-electron chi connectivity index (χ0n) is 15.8. The number of guanidine groups is 1. The van der Waals surface area contributed by atoms with Crippen LogP contribution in [0.3, 0.4) is 0 Å². The Kier molecular flexibility index (Phi) is 9.45. The van der Waals surface area contributed by atoms with Crippen LogP contribution in [-0.4, -0.2) is 49.3 Å². The number of aliphatic hydroxyl groups excluding tert-OH is 1. The second-order valence-corrected chi connectivity index (χ2v) is 7.11. The van der Waals surface area contributed by atoms with Crippen LogP contribution in [0.5, 0.6) is 0 Å². The summed E-state index contributed by atoms with van der Waals surface area (Å²) in [6.45, 7) is 2.16. The molecule has 0 aliphatic carbocycles. The minimum atomic E-state index is 0. The van der Waals surface area contributed by atoms with E-state index in [9.17, 15) is 5.11 Å². The van der Waals surface area contributed by atoms with Crippen molar-refractivity contribution in [1.29, 1.82) is 0 Å². The van der Waals surface area contributed by atoms with Crippen LogP contribution in [0.25, 0.3) is 10.2 Å². The quantitative estimate of drug-likeness (QED) is 0.162. The van der Waals surface area contributed by atoms with Crippen molar-refractivity contribution in [2.75, 3.05) is 38.6 Å². The topological polar surface area (TPSA) is 81.6 Å². The molecule has 4 N–H and O–H groups in total. The summed E-state index contributed by atoms with van der Waals surface area (Å²) in [4.78, 5) is 8.80. The predicted molar refractivity (Wildman–Crippen MR) is 129 cm³/mol. The van der Waals surface area contributed by atoms with Crippen LogP contribution < -0.4 is 16.0 Å². The summed E-state index contributed by atoms with van der Waals surface area (Å²) in [5, 5.41) is 20.5. The summed E-state index contributed by atoms with van der Waals surface area (Å²) in [6, 6.07) is 18.1. The van der Waals surface area contributed by atoms with E-state index in [0.29, 0.717) is 13.1 Å². The van der Waals surface area contributed by atoms with E-state index in [4.69, 9.17) is 0 Å². The number of benzene rings is 2. The van der Waals surface area contributed by atoms with Crippen molar-refractivity contribution in [3.63, 3.8) is 0 Å². The number of aliphatic hydroxyl groups is 1. The Hall–Kier alpha value is -1.91. The van der Waals surface area contributed by atoms with Crippen LogP contribution in [0.2, 0.25) is 0 Å². The zero-order valence-corrected chi connectivity index (χ0v) is 18.9. The van der Waals surface area contributed by atoms with Gasteiger partial charge in [0.15, 0.2) is 11.1 Å². The number of halogens is 1. The normalized spacial score (nSPS) is 12.3. The number of aliphatic imine (C=N–C) groups is 1. The molecule has 0 aliphatic heterocycles. The number of para-hydroxylation sites is 1. The fourth-order valence-corrected chi connectivity index (χ4v) is 3.64. The number of hydrogen-bond donors (Lipinski definition) is 4. The van der Waals surface area contributed by atoms with Crippen molar-refractivity contribution in [2.24, 2.45) is 4.99 Å². The van der Waals surface area contributed by atoms with Gasteiger partial charge in [0, 0.05) is 32.6 Å². The second-order valence-electron chi connectivity index (χ2n) is 6.08. The van der Waals surface area contributed by atoms with Gasteiger partial charge in [0.2, 0.25) is 0 Å². The lowest BCUT2D eigenvalue weighted by Crippen LogP contribution is -2.41. The van der Waals surface area contributed by atoms with Gasteiger partial charge in [-0.05, 0) is 17.7 Å². The highest BCUT2D eigenvalue weighted by molar-refractivity contribution is 14.0. The monoisotopic (exact) mass is 511 g/mol. The summed E-state index contributed by atoms with van der Waals surface area (Å²) in [7, 11) is 1.74. The van der Waals surface area contributed by atoms with Crippen molar-refractivity contribution in [3.8, 4) is 0 Å². The first kappa shape index (κ1) is 22.4. The average Bonchev–Trinajstić information content (AvgIpc) is 3.13. The van der Waals surface area contributed by atoms with Crippen LogP contribution in [0, 0.1) is 0 Å². The SMILES string of the molecule is CN=C(NCCNc1nc2ccccc2s1)NCC(CO)c1ccccc1.I. The van der Waals surface area contributed by atoms with Crippen LogP contribution in [0.4, 0.5) is 5.13 Å². The number of hydrogen-bond acceptors (Lipinski definition) is 5. The van der Waals surface area contributed by atoms with Gasteiger partial charge in [-0.2, -0.15) is 0 Å². The van der Waals surface area contributed by atoms with Gasteiger partial charge in [0.25, 0.3) is 0 Å². The number of nitrogens with zero attached hydrogens (tertiary/aromatic N) is 2. The second kappa shape index (κ2) is 11.8. The Morgan fingerprint density at radius 1 is 1.07 bits per heavy atom. The van der Waals surface area contributed by atoms with Crippen LogP contribution in [0.15, 0.2) is 59.6 Å². The first-order valence-corrected chi connectivity index (χ1v) is 9.81. The molecule has 8 heteroatoms. The van der Waals surface area contributed by atoms with Gasteiger partial charge in [0.1, 0.15) is 0 Å². The summed E-state index contributed by atoms with van der Waals surface area (Å²) >= 11 is 1.65. The third kappa shape index (κ3) is 6.32. The first-order valence-electron chi connectivity index (χ1n) is 9.00. The maximum absolute atomic E-state index is 9.65. The summed E-state index contributed by atoms with van der Waals surface area (Å²) in [5.74, 6) is 0.751. The molecule has 0 radical (unpaired) electrons. The minimum absolute atomic E-state index is 0. The lowest BCUT2D eigenvalue weighted by Gasteiger charge is -2.18. The molecule has 0 aliphatic rings. The van der Waals surface area contributed by atoms with Crippen molar-refractivity contribution < 1.29 is 5.11 Å². The van der Waals surface area contributed by atoms with Crippen molar-refractivity contribution in [2.45, 2.75) is 5.92 Å². The van der Waals surface area contributed by atoms with Gasteiger partial charge in [-0.3, -0.25) is 4.99 Å². The molecule has 0 amide bonds. The van der Waals surface area contributed by atoms with Gasteiger partial charge in [-0.25, -0.2) is 4.98 Å². The molecule has 6 nitrogen and oxygen atoms in total. The van der Waals surface area contributed by atoms with E-state index in [0.717, 1.165) is 28.7 Å². The van der Waals surface area contributed by atoms with Gasteiger partial charge in [0.05, 0.1) is 16.8 Å². The average molecular weight is 511 g/mol. The fourth-order valence-electron chi connectivity index (χ4n) is 2.75. The Morgan fingerprint density at radius 2 is 1.82 bits per heavy atom. The van der Waals surface area contributed by atoms with Crippen molar-refractivity contribution >= 4 is 56.6 Å². The molecule has 1 heterocycles. The molecular weight excluding hydrogens is 485 g/mol. The molecule has 0 spiro atoms. The number of rotatable bonds is 8. The van der Waals surface area contributed by atoms with E-state index < -0.39 is 0 Å². The molecular formula is C20H26IN5OS. The Morgan fingerprint density at radius 3 is 2.54 bits per heavy atom. The third-order valence-electron chi connectivity index (χ3n) is 4.22. The van der Waals surface area contributed by atoms with E-state index >= 15 is 0 Å². The standard InChI is InChI=1S/C20H25N5OS.HI/c1-21-19(24-13-16(14-26)15-7-3-2-4-8-15)22-11-12-23-20-25-17-9-5-6-10-18(17)27-20;/h2-10,16,26H,11-14H2,1H3,(H,23,25)(H2,21,22,24);1H. The fraction of sp³-hybridized carbons (Fsp3) is 0.300. The largest absolute Gasteiger partial charge is 0.396 e. The third-order valence-corrected chi connectivity index (χ3v) is 5.21. The Labute approximate surface area is 186 Å². The molecule has 0 saturated heterocycles. The number of thiazole rings is 1. The van der Waals surface area contributed by atoms with Gasteiger partial charge < -0.3 is 21.1 Å². The van der Waals surface area contributed by atoms with Crippen LogP contribution >= 0.6 is 35.3 Å². The molecule has 2 aromatic carbocycles. The maximum Gasteiger partial charge on any atom is 0.191 e. The molecule has 3 rings (SSSR count). The zero-order chi connectivity index (χ0) is 18.9. The molecule has 1 unspecified atom stereocenters. The van der Waals surface area contributed by atoms with E-state index in [1.165, 1.54) is 4.70 Å². The van der Waals surface area contributed by atoms with Gasteiger partial charge >= 0.3 is 0 Å². The molecule has 1 atom stereocenters. The summed E-state index contributed by atoms with van der Waals surface area (Å²) < 4.78 is 1.18. The molecule has 0 bridgehead atoms. The minimum Gasteiger partial charge on any atom is -0.396 e. The highest BCUT2D eigenvalue weighted by Gasteiger charge is 2.10. The lowest BCUT2D eigenvalue weighted by molar-refractivity contribution is 0.265. The number of anilines is 1. The van der Waals surface area contributed by atoms with Crippen LogP contribution in [-0.2, 0) is 0 Å². The first-order chi connectivity index (χ1) is 13.3. The summed E-state index contributed by atoms with van der Waals surface area (Å²) in [5.41, 5.74) is 2.13. The van der Waals surface area contributed by atoms with E-state index in [1.54, 1.807) is 18.4 Å². The Balaban J connectivity index is 0.00000280. The molecule has 28 heavy (non-hydrogen) atoms. The molecule has 150 valence electrons. The number of fused-ring (bicyclic) bond motifs is 1.